The molecular formula is C18H30N2O. The van der Waals surface area contributed by atoms with Crippen molar-refractivity contribution in [3.05, 3.63) is 29.8 Å². The van der Waals surface area contributed by atoms with Gasteiger partial charge in [-0.15, -0.1) is 0 Å². The maximum Gasteiger partial charge on any atom is 0.0597 e. The molecule has 1 fully saturated rings. The van der Waals surface area contributed by atoms with E-state index in [2.05, 4.69) is 49.9 Å². The maximum absolute atomic E-state index is 6.25. The van der Waals surface area contributed by atoms with Crippen LogP contribution in [0, 0.1) is 6.92 Å². The monoisotopic (exact) mass is 290 g/mol. The van der Waals surface area contributed by atoms with Crippen LogP contribution < -0.4 is 10.6 Å². The topological polar surface area (TPSA) is 38.5 Å². The van der Waals surface area contributed by atoms with Gasteiger partial charge in [0.15, 0.2) is 0 Å². The molecule has 3 heteroatoms. The Labute approximate surface area is 129 Å². The maximum atomic E-state index is 6.25. The average Bonchev–Trinajstić information content (AvgIpc) is 2.49. The zero-order valence-electron chi connectivity index (χ0n) is 13.8. The van der Waals surface area contributed by atoms with Crippen LogP contribution in [0.1, 0.15) is 45.1 Å². The van der Waals surface area contributed by atoms with Crippen LogP contribution in [0.2, 0.25) is 0 Å². The average molecular weight is 290 g/mol. The van der Waals surface area contributed by atoms with Crippen LogP contribution in [-0.4, -0.2) is 31.3 Å². The summed E-state index contributed by atoms with van der Waals surface area (Å²) in [5.41, 5.74) is 8.89. The van der Waals surface area contributed by atoms with Gasteiger partial charge in [-0.2, -0.15) is 0 Å². The van der Waals surface area contributed by atoms with Gasteiger partial charge in [0.05, 0.1) is 11.6 Å². The number of anilines is 1. The van der Waals surface area contributed by atoms with Gasteiger partial charge in [0, 0.05) is 25.4 Å². The fraction of sp³-hybridized carbons (Fsp3) is 0.667. The van der Waals surface area contributed by atoms with Crippen LogP contribution in [0.3, 0.4) is 0 Å². The number of nitrogens with two attached hydrogens (primary N) is 1. The molecule has 21 heavy (non-hydrogen) atoms. The third-order valence-electron chi connectivity index (χ3n) is 4.72. The van der Waals surface area contributed by atoms with E-state index in [1.807, 2.05) is 0 Å². The quantitative estimate of drug-likeness (QED) is 0.871. The van der Waals surface area contributed by atoms with E-state index < -0.39 is 0 Å². The van der Waals surface area contributed by atoms with Crippen LogP contribution in [0.4, 0.5) is 5.69 Å². The van der Waals surface area contributed by atoms with Crippen LogP contribution in [-0.2, 0) is 4.74 Å². The molecule has 2 N–H and O–H groups in total. The van der Waals surface area contributed by atoms with Crippen molar-refractivity contribution in [2.45, 2.75) is 58.1 Å². The Morgan fingerprint density at radius 3 is 2.81 bits per heavy atom. The standard InChI is InChI=1S/C18H30N2O/c1-4-7-17-13-18(14-19,10-11-21-17)20(5-2)16-9-6-8-15(3)12-16/h6,8-9,12,17H,4-5,7,10-11,13-14,19H2,1-3H3. The summed E-state index contributed by atoms with van der Waals surface area (Å²) in [5, 5.41) is 0. The molecule has 0 aliphatic carbocycles. The Kier molecular flexibility index (Phi) is 5.65. The predicted octanol–water partition coefficient (Wildman–Crippen LogP) is 3.50. The van der Waals surface area contributed by atoms with Crippen molar-refractivity contribution < 1.29 is 4.74 Å². The van der Waals surface area contributed by atoms with Crippen molar-refractivity contribution in [1.29, 1.82) is 0 Å². The smallest absolute Gasteiger partial charge is 0.0597 e. The highest BCUT2D eigenvalue weighted by molar-refractivity contribution is 5.51. The van der Waals surface area contributed by atoms with Gasteiger partial charge in [-0.25, -0.2) is 0 Å². The lowest BCUT2D eigenvalue weighted by atomic mass is 9.83. The normalized spacial score (nSPS) is 25.8. The fourth-order valence-corrected chi connectivity index (χ4v) is 3.64. The summed E-state index contributed by atoms with van der Waals surface area (Å²) in [6.07, 6.45) is 4.71. The molecular weight excluding hydrogens is 260 g/mol. The predicted molar refractivity (Wildman–Crippen MR) is 89.9 cm³/mol. The van der Waals surface area contributed by atoms with Gasteiger partial charge in [0.2, 0.25) is 0 Å². The SMILES string of the molecule is CCCC1CC(CN)(N(CC)c2cccc(C)c2)CCO1. The lowest BCUT2D eigenvalue weighted by Gasteiger charge is -2.49. The second kappa shape index (κ2) is 7.28. The van der Waals surface area contributed by atoms with Gasteiger partial charge in [0.1, 0.15) is 0 Å². The molecule has 0 bridgehead atoms. The zero-order chi connectivity index (χ0) is 15.3. The third-order valence-corrected chi connectivity index (χ3v) is 4.72. The first kappa shape index (κ1) is 16.3. The number of rotatable bonds is 6. The van der Waals surface area contributed by atoms with Crippen molar-refractivity contribution in [3.63, 3.8) is 0 Å². The summed E-state index contributed by atoms with van der Waals surface area (Å²) in [6, 6.07) is 8.76. The molecule has 2 unspecified atom stereocenters. The number of ether oxygens (including phenoxy) is 1. The molecule has 1 aromatic carbocycles. The van der Waals surface area contributed by atoms with E-state index in [-0.39, 0.29) is 5.54 Å². The van der Waals surface area contributed by atoms with Gasteiger partial charge in [0.25, 0.3) is 0 Å². The summed E-state index contributed by atoms with van der Waals surface area (Å²) >= 11 is 0. The van der Waals surface area contributed by atoms with Gasteiger partial charge in [-0.1, -0.05) is 25.5 Å². The summed E-state index contributed by atoms with van der Waals surface area (Å²) < 4.78 is 5.95. The van der Waals surface area contributed by atoms with Crippen LogP contribution in [0.5, 0.6) is 0 Å². The van der Waals surface area contributed by atoms with E-state index in [0.717, 1.165) is 32.4 Å². The molecule has 1 heterocycles. The Bertz CT molecular complexity index is 447. The highest BCUT2D eigenvalue weighted by Gasteiger charge is 2.40. The van der Waals surface area contributed by atoms with Crippen molar-refractivity contribution in [2.75, 3.05) is 24.6 Å². The van der Waals surface area contributed by atoms with Crippen LogP contribution in [0.15, 0.2) is 24.3 Å². The van der Waals surface area contributed by atoms with Gasteiger partial charge in [-0.3, -0.25) is 0 Å². The summed E-state index contributed by atoms with van der Waals surface area (Å²) in [7, 11) is 0. The number of hydrogen-bond donors (Lipinski definition) is 1. The Balaban J connectivity index is 2.27. The first-order chi connectivity index (χ1) is 10.1. The van der Waals surface area contributed by atoms with Crippen molar-refractivity contribution in [1.82, 2.24) is 0 Å². The molecule has 118 valence electrons. The number of likely N-dealkylation sites (N-methyl/N-ethyl adjacent to an activating group) is 1. The van der Waals surface area contributed by atoms with E-state index in [4.69, 9.17) is 10.5 Å². The largest absolute Gasteiger partial charge is 0.378 e. The lowest BCUT2D eigenvalue weighted by Crippen LogP contribution is -2.59. The minimum absolute atomic E-state index is 0.0423. The van der Waals surface area contributed by atoms with Crippen molar-refractivity contribution in [2.24, 2.45) is 5.73 Å². The minimum atomic E-state index is 0.0423. The highest BCUT2D eigenvalue weighted by Crippen LogP contribution is 2.35. The molecule has 3 nitrogen and oxygen atoms in total. The van der Waals surface area contributed by atoms with Crippen molar-refractivity contribution in [3.8, 4) is 0 Å². The molecule has 0 aromatic heterocycles. The minimum Gasteiger partial charge on any atom is -0.378 e. The Morgan fingerprint density at radius 2 is 2.19 bits per heavy atom. The summed E-state index contributed by atoms with van der Waals surface area (Å²) in [6.45, 7) is 9.10. The number of aryl methyl sites for hydroxylation is 1. The first-order valence-corrected chi connectivity index (χ1v) is 8.31. The molecule has 0 amide bonds. The molecule has 2 rings (SSSR count). The van der Waals surface area contributed by atoms with Crippen molar-refractivity contribution >= 4 is 5.69 Å². The van der Waals surface area contributed by atoms with E-state index >= 15 is 0 Å². The lowest BCUT2D eigenvalue weighted by molar-refractivity contribution is -0.0225. The Morgan fingerprint density at radius 1 is 1.38 bits per heavy atom. The van der Waals surface area contributed by atoms with Crippen LogP contribution in [0.25, 0.3) is 0 Å². The van der Waals surface area contributed by atoms with Gasteiger partial charge < -0.3 is 15.4 Å². The molecule has 0 saturated carbocycles. The van der Waals surface area contributed by atoms with E-state index in [1.54, 1.807) is 0 Å². The molecule has 1 aliphatic rings. The van der Waals surface area contributed by atoms with E-state index in [0.29, 0.717) is 12.6 Å². The fourth-order valence-electron chi connectivity index (χ4n) is 3.64. The van der Waals surface area contributed by atoms with Gasteiger partial charge >= 0.3 is 0 Å². The molecule has 1 aromatic rings. The van der Waals surface area contributed by atoms with E-state index in [1.165, 1.54) is 17.7 Å². The highest BCUT2D eigenvalue weighted by atomic mass is 16.5. The number of hydrogen-bond acceptors (Lipinski definition) is 3. The molecule has 0 spiro atoms. The zero-order valence-corrected chi connectivity index (χ0v) is 13.8. The second-order valence-electron chi connectivity index (χ2n) is 6.25. The van der Waals surface area contributed by atoms with Crippen LogP contribution >= 0.6 is 0 Å². The molecule has 0 radical (unpaired) electrons. The number of benzene rings is 1. The number of nitrogens with zero attached hydrogens (tertiary/aromatic N) is 1. The summed E-state index contributed by atoms with van der Waals surface area (Å²) in [4.78, 5) is 2.51. The third kappa shape index (κ3) is 3.58. The van der Waals surface area contributed by atoms with E-state index in [9.17, 15) is 0 Å². The molecule has 2 atom stereocenters. The summed E-state index contributed by atoms with van der Waals surface area (Å²) in [5.74, 6) is 0. The molecule has 1 saturated heterocycles. The van der Waals surface area contributed by atoms with Gasteiger partial charge in [-0.05, 0) is 50.8 Å². The Hall–Kier alpha value is -1.06. The molecule has 1 aliphatic heterocycles. The first-order valence-electron chi connectivity index (χ1n) is 8.31. The second-order valence-corrected chi connectivity index (χ2v) is 6.25.